The van der Waals surface area contributed by atoms with Crippen LogP contribution in [0.3, 0.4) is 0 Å². The van der Waals surface area contributed by atoms with Gasteiger partial charge in [-0.15, -0.1) is 0 Å². The maximum atomic E-state index is 13.6. The highest BCUT2D eigenvalue weighted by Gasteiger charge is 2.30. The lowest BCUT2D eigenvalue weighted by atomic mass is 10.1. The summed E-state index contributed by atoms with van der Waals surface area (Å²) in [5.74, 6) is 0.0849. The van der Waals surface area contributed by atoms with E-state index in [9.17, 15) is 18.0 Å². The molecular formula is C25H28N2O7S. The molecule has 0 aliphatic carbocycles. The van der Waals surface area contributed by atoms with Gasteiger partial charge in [0.25, 0.3) is 5.56 Å². The van der Waals surface area contributed by atoms with Crippen molar-refractivity contribution in [3.63, 3.8) is 0 Å². The molecule has 1 aliphatic heterocycles. The van der Waals surface area contributed by atoms with Crippen LogP contribution in [-0.4, -0.2) is 56.6 Å². The lowest BCUT2D eigenvalue weighted by Crippen LogP contribution is -2.38. The van der Waals surface area contributed by atoms with Gasteiger partial charge in [0, 0.05) is 31.3 Å². The molecule has 2 aromatic carbocycles. The number of pyridine rings is 1. The average molecular weight is 501 g/mol. The Labute approximate surface area is 203 Å². The standard InChI is InChI=1S/C25H28N2O7S/c1-3-33-25(29)17-7-10-22(11-8-17)35(30,31)27(16-21-5-4-12-34-21)15-19-13-18-6-9-20(32-2)14-23(18)26-24(19)28/h6-11,13-14,21H,3-5,12,15-16H2,1-2H3,(H,26,28). The summed E-state index contributed by atoms with van der Waals surface area (Å²) >= 11 is 0. The van der Waals surface area contributed by atoms with E-state index in [0.717, 1.165) is 18.2 Å². The Bertz CT molecular complexity index is 1360. The molecular weight excluding hydrogens is 472 g/mol. The molecule has 35 heavy (non-hydrogen) atoms. The molecule has 0 radical (unpaired) electrons. The van der Waals surface area contributed by atoms with E-state index in [0.29, 0.717) is 23.4 Å². The number of sulfonamides is 1. The van der Waals surface area contributed by atoms with Gasteiger partial charge < -0.3 is 19.2 Å². The highest BCUT2D eigenvalue weighted by molar-refractivity contribution is 7.89. The third-order valence-corrected chi connectivity index (χ3v) is 7.74. The minimum Gasteiger partial charge on any atom is -0.497 e. The normalized spacial score (nSPS) is 16.0. The molecule has 0 saturated carbocycles. The smallest absolute Gasteiger partial charge is 0.338 e. The van der Waals surface area contributed by atoms with Gasteiger partial charge >= 0.3 is 5.97 Å². The molecule has 9 nitrogen and oxygen atoms in total. The highest BCUT2D eigenvalue weighted by Crippen LogP contribution is 2.24. The summed E-state index contributed by atoms with van der Waals surface area (Å²) in [6, 6.07) is 12.6. The first-order valence-corrected chi connectivity index (χ1v) is 12.8. The van der Waals surface area contributed by atoms with Gasteiger partial charge in [0.2, 0.25) is 10.0 Å². The fourth-order valence-corrected chi connectivity index (χ4v) is 5.50. The topological polar surface area (TPSA) is 115 Å². The van der Waals surface area contributed by atoms with Crippen molar-refractivity contribution < 1.29 is 27.4 Å². The second-order valence-electron chi connectivity index (χ2n) is 8.25. The number of aromatic nitrogens is 1. The number of ether oxygens (including phenoxy) is 3. The number of methoxy groups -OCH3 is 1. The van der Waals surface area contributed by atoms with Gasteiger partial charge in [0.1, 0.15) is 5.75 Å². The number of fused-ring (bicyclic) bond motifs is 1. The summed E-state index contributed by atoms with van der Waals surface area (Å²) in [7, 11) is -2.45. The molecule has 1 aromatic heterocycles. The number of carbonyl (C=O) groups excluding carboxylic acids is 1. The second-order valence-corrected chi connectivity index (χ2v) is 10.2. The Hall–Kier alpha value is -3.21. The lowest BCUT2D eigenvalue weighted by Gasteiger charge is -2.25. The van der Waals surface area contributed by atoms with Crippen molar-refractivity contribution in [1.29, 1.82) is 0 Å². The number of esters is 1. The molecule has 1 aliphatic rings. The minimum absolute atomic E-state index is 0.0190. The van der Waals surface area contributed by atoms with Gasteiger partial charge in [-0.25, -0.2) is 13.2 Å². The quantitative estimate of drug-likeness (QED) is 0.449. The molecule has 1 unspecified atom stereocenters. The van der Waals surface area contributed by atoms with Crippen LogP contribution in [-0.2, 0) is 26.0 Å². The van der Waals surface area contributed by atoms with Gasteiger partial charge in [-0.05, 0) is 67.6 Å². The summed E-state index contributed by atoms with van der Waals surface area (Å²) in [6.07, 6.45) is 1.33. The van der Waals surface area contributed by atoms with Gasteiger partial charge in [-0.1, -0.05) is 0 Å². The summed E-state index contributed by atoms with van der Waals surface area (Å²) in [6.45, 7) is 2.48. The number of aromatic amines is 1. The predicted molar refractivity (Wildman–Crippen MR) is 130 cm³/mol. The molecule has 1 N–H and O–H groups in total. The Kier molecular flexibility index (Phi) is 7.54. The van der Waals surface area contributed by atoms with Crippen molar-refractivity contribution in [2.45, 2.75) is 37.3 Å². The largest absolute Gasteiger partial charge is 0.497 e. The zero-order chi connectivity index (χ0) is 25.0. The maximum Gasteiger partial charge on any atom is 0.338 e. The van der Waals surface area contributed by atoms with E-state index < -0.39 is 16.0 Å². The second kappa shape index (κ2) is 10.6. The number of nitrogens with zero attached hydrogens (tertiary/aromatic N) is 1. The molecule has 1 saturated heterocycles. The van der Waals surface area contributed by atoms with Crippen molar-refractivity contribution in [2.75, 3.05) is 26.9 Å². The zero-order valence-electron chi connectivity index (χ0n) is 19.7. The van der Waals surface area contributed by atoms with Gasteiger partial charge in [-0.3, -0.25) is 4.79 Å². The van der Waals surface area contributed by atoms with E-state index in [2.05, 4.69) is 4.98 Å². The first-order chi connectivity index (χ1) is 16.8. The van der Waals surface area contributed by atoms with Crippen LogP contribution in [0.15, 0.2) is 58.2 Å². The number of carbonyl (C=O) groups is 1. The van der Waals surface area contributed by atoms with Crippen molar-refractivity contribution in [3.8, 4) is 5.75 Å². The Balaban J connectivity index is 1.67. The fourth-order valence-electron chi connectivity index (χ4n) is 4.05. The number of rotatable bonds is 9. The molecule has 0 bridgehead atoms. The summed E-state index contributed by atoms with van der Waals surface area (Å²) < 4.78 is 44.4. The minimum atomic E-state index is -3.99. The first-order valence-electron chi connectivity index (χ1n) is 11.4. The van der Waals surface area contributed by atoms with E-state index in [-0.39, 0.29) is 41.8 Å². The Morgan fingerprint density at radius 1 is 1.17 bits per heavy atom. The van der Waals surface area contributed by atoms with Crippen molar-refractivity contribution in [3.05, 3.63) is 70.0 Å². The van der Waals surface area contributed by atoms with Gasteiger partial charge in [-0.2, -0.15) is 4.31 Å². The van der Waals surface area contributed by atoms with Crippen LogP contribution in [0.25, 0.3) is 10.9 Å². The van der Waals surface area contributed by atoms with Crippen molar-refractivity contribution in [1.82, 2.24) is 9.29 Å². The van der Waals surface area contributed by atoms with Gasteiger partial charge in [0.15, 0.2) is 0 Å². The number of benzene rings is 2. The molecule has 186 valence electrons. The molecule has 10 heteroatoms. The average Bonchev–Trinajstić information content (AvgIpc) is 3.37. The number of nitrogens with one attached hydrogen (secondary N) is 1. The third-order valence-electron chi connectivity index (χ3n) is 5.91. The molecule has 1 atom stereocenters. The van der Waals surface area contributed by atoms with Crippen LogP contribution in [0.1, 0.15) is 35.7 Å². The number of hydrogen-bond donors (Lipinski definition) is 1. The third kappa shape index (κ3) is 5.55. The summed E-state index contributed by atoms with van der Waals surface area (Å²) in [5.41, 5.74) is 0.794. The monoisotopic (exact) mass is 500 g/mol. The van der Waals surface area contributed by atoms with Crippen LogP contribution in [0.5, 0.6) is 5.75 Å². The van der Waals surface area contributed by atoms with Crippen molar-refractivity contribution in [2.24, 2.45) is 0 Å². The zero-order valence-corrected chi connectivity index (χ0v) is 20.5. The highest BCUT2D eigenvalue weighted by atomic mass is 32.2. The molecule has 0 amide bonds. The first kappa shape index (κ1) is 24.9. The summed E-state index contributed by atoms with van der Waals surface area (Å²) in [5, 5.41) is 0.758. The Morgan fingerprint density at radius 3 is 2.60 bits per heavy atom. The van der Waals surface area contributed by atoms with Crippen LogP contribution < -0.4 is 10.3 Å². The number of H-pyrrole nitrogens is 1. The van der Waals surface area contributed by atoms with E-state index >= 15 is 0 Å². The summed E-state index contributed by atoms with van der Waals surface area (Å²) in [4.78, 5) is 27.6. The van der Waals surface area contributed by atoms with E-state index in [1.54, 1.807) is 38.3 Å². The van der Waals surface area contributed by atoms with Crippen LogP contribution in [0, 0.1) is 0 Å². The lowest BCUT2D eigenvalue weighted by molar-refractivity contribution is 0.0526. The van der Waals surface area contributed by atoms with E-state index in [1.165, 1.54) is 28.6 Å². The molecule has 2 heterocycles. The van der Waals surface area contributed by atoms with Gasteiger partial charge in [0.05, 0.1) is 35.8 Å². The molecule has 0 spiro atoms. The predicted octanol–water partition coefficient (Wildman–Crippen LogP) is 3.08. The maximum absolute atomic E-state index is 13.6. The van der Waals surface area contributed by atoms with E-state index in [1.807, 2.05) is 0 Å². The SMILES string of the molecule is CCOC(=O)c1ccc(S(=O)(=O)N(Cc2cc3ccc(OC)cc3[nH]c2=O)CC2CCCO2)cc1. The van der Waals surface area contributed by atoms with Crippen molar-refractivity contribution >= 4 is 26.9 Å². The van der Waals surface area contributed by atoms with Crippen LogP contribution in [0.4, 0.5) is 0 Å². The molecule has 4 rings (SSSR count). The van der Waals surface area contributed by atoms with Crippen LogP contribution in [0.2, 0.25) is 0 Å². The van der Waals surface area contributed by atoms with E-state index in [4.69, 9.17) is 14.2 Å². The number of hydrogen-bond acceptors (Lipinski definition) is 7. The molecule has 1 fully saturated rings. The van der Waals surface area contributed by atoms with Crippen LogP contribution >= 0.6 is 0 Å². The molecule has 3 aromatic rings. The fraction of sp³-hybridized carbons (Fsp3) is 0.360. The Morgan fingerprint density at radius 2 is 1.94 bits per heavy atom.